The Morgan fingerprint density at radius 3 is 1.97 bits per heavy atom. The summed E-state index contributed by atoms with van der Waals surface area (Å²) in [6, 6.07) is 18.5. The Balaban J connectivity index is 1.86. The van der Waals surface area contributed by atoms with Gasteiger partial charge in [0, 0.05) is 13.1 Å². The van der Waals surface area contributed by atoms with Crippen molar-refractivity contribution in [3.8, 4) is 0 Å². The summed E-state index contributed by atoms with van der Waals surface area (Å²) in [6.07, 6.45) is -0.527. The van der Waals surface area contributed by atoms with Gasteiger partial charge in [0.2, 0.25) is 5.91 Å². The minimum absolute atomic E-state index is 0.0793. The van der Waals surface area contributed by atoms with E-state index in [4.69, 9.17) is 9.47 Å². The van der Waals surface area contributed by atoms with E-state index >= 15 is 0 Å². The molecular weight excluding hydrogens is 434 g/mol. The van der Waals surface area contributed by atoms with Gasteiger partial charge in [-0.25, -0.2) is 9.59 Å². The van der Waals surface area contributed by atoms with Gasteiger partial charge in [-0.1, -0.05) is 60.7 Å². The highest BCUT2D eigenvalue weighted by atomic mass is 16.6. The van der Waals surface area contributed by atoms with Gasteiger partial charge in [-0.15, -0.1) is 0 Å². The molecule has 0 aliphatic heterocycles. The quantitative estimate of drug-likeness (QED) is 0.491. The first-order valence-corrected chi connectivity index (χ1v) is 11.4. The Morgan fingerprint density at radius 2 is 1.38 bits per heavy atom. The van der Waals surface area contributed by atoms with Crippen molar-refractivity contribution in [1.82, 2.24) is 16.0 Å². The Morgan fingerprint density at radius 1 is 0.824 bits per heavy atom. The van der Waals surface area contributed by atoms with E-state index in [0.29, 0.717) is 19.5 Å². The van der Waals surface area contributed by atoms with Gasteiger partial charge in [0.25, 0.3) is 0 Å². The molecule has 184 valence electrons. The van der Waals surface area contributed by atoms with E-state index in [1.165, 1.54) is 0 Å². The Kier molecular flexibility index (Phi) is 10.4. The summed E-state index contributed by atoms with van der Waals surface area (Å²) >= 11 is 0. The first-order valence-electron chi connectivity index (χ1n) is 11.4. The van der Waals surface area contributed by atoms with Crippen LogP contribution in [0, 0.1) is 5.92 Å². The summed E-state index contributed by atoms with van der Waals surface area (Å²) in [5.41, 5.74) is 1.33. The van der Waals surface area contributed by atoms with Crippen molar-refractivity contribution in [1.29, 1.82) is 0 Å². The van der Waals surface area contributed by atoms with Crippen LogP contribution in [0.15, 0.2) is 60.7 Å². The van der Waals surface area contributed by atoms with Gasteiger partial charge >= 0.3 is 12.2 Å². The van der Waals surface area contributed by atoms with Gasteiger partial charge in [-0.3, -0.25) is 4.79 Å². The molecule has 8 heteroatoms. The Hall–Kier alpha value is -3.55. The van der Waals surface area contributed by atoms with Crippen LogP contribution in [-0.4, -0.2) is 42.8 Å². The molecule has 0 fully saturated rings. The predicted molar refractivity (Wildman–Crippen MR) is 130 cm³/mol. The summed E-state index contributed by atoms with van der Waals surface area (Å²) in [4.78, 5) is 36.6. The van der Waals surface area contributed by atoms with E-state index in [1.807, 2.05) is 60.7 Å². The number of carbonyl (C=O) groups is 3. The molecule has 0 aromatic heterocycles. The van der Waals surface area contributed by atoms with Crippen molar-refractivity contribution < 1.29 is 23.9 Å². The Labute approximate surface area is 201 Å². The number of nitrogens with one attached hydrogen (secondary N) is 3. The fourth-order valence-corrected chi connectivity index (χ4v) is 3.11. The number of amides is 3. The van der Waals surface area contributed by atoms with Crippen molar-refractivity contribution in [2.75, 3.05) is 13.1 Å². The average Bonchev–Trinajstić information content (AvgIpc) is 2.79. The third-order valence-electron chi connectivity index (χ3n) is 4.81. The topological polar surface area (TPSA) is 106 Å². The number of hydrogen-bond donors (Lipinski definition) is 3. The highest BCUT2D eigenvalue weighted by Crippen LogP contribution is 2.09. The first-order chi connectivity index (χ1) is 16.1. The molecule has 0 heterocycles. The average molecular weight is 470 g/mol. The highest BCUT2D eigenvalue weighted by molar-refractivity contribution is 5.85. The van der Waals surface area contributed by atoms with Crippen LogP contribution in [0.5, 0.6) is 0 Å². The fraction of sp³-hybridized carbons (Fsp3) is 0.423. The highest BCUT2D eigenvalue weighted by Gasteiger charge is 2.22. The predicted octanol–water partition coefficient (Wildman–Crippen LogP) is 3.80. The number of ether oxygens (including phenoxy) is 2. The summed E-state index contributed by atoms with van der Waals surface area (Å²) in [7, 11) is 0. The van der Waals surface area contributed by atoms with E-state index in [9.17, 15) is 14.4 Å². The summed E-state index contributed by atoms with van der Waals surface area (Å²) in [6.45, 7) is 7.66. The zero-order chi connectivity index (χ0) is 25.0. The van der Waals surface area contributed by atoms with Crippen molar-refractivity contribution in [2.24, 2.45) is 5.92 Å². The monoisotopic (exact) mass is 469 g/mol. The third kappa shape index (κ3) is 10.8. The van der Waals surface area contributed by atoms with Gasteiger partial charge in [0.05, 0.1) is 0 Å². The maximum atomic E-state index is 12.5. The van der Waals surface area contributed by atoms with Crippen LogP contribution in [0.1, 0.15) is 38.8 Å². The molecule has 3 N–H and O–H groups in total. The minimum Gasteiger partial charge on any atom is -0.445 e. The lowest BCUT2D eigenvalue weighted by Crippen LogP contribution is -2.48. The SMILES string of the molecule is C[C@H](NC(=O)OC(C)(C)C)C(=O)NC[C@@H](CNC(=O)OCc1ccccc1)Cc1ccccc1. The number of carbonyl (C=O) groups excluding carboxylic acids is 3. The standard InChI is InChI=1S/C26H35N3O5/c1-19(29-25(32)34-26(2,3)4)23(30)27-16-22(15-20-11-7-5-8-12-20)17-28-24(31)33-18-21-13-9-6-10-14-21/h5-14,19,22H,15-18H2,1-4H3,(H,27,30)(H,28,31)(H,29,32)/t19-,22-/m0/s1. The van der Waals surface area contributed by atoms with Crippen molar-refractivity contribution in [2.45, 2.75) is 52.4 Å². The number of hydrogen-bond acceptors (Lipinski definition) is 5. The van der Waals surface area contributed by atoms with E-state index in [2.05, 4.69) is 16.0 Å². The number of benzene rings is 2. The molecule has 2 aromatic carbocycles. The molecule has 0 spiro atoms. The van der Waals surface area contributed by atoms with Crippen molar-refractivity contribution >= 4 is 18.1 Å². The molecule has 2 aromatic rings. The lowest BCUT2D eigenvalue weighted by atomic mass is 9.99. The van der Waals surface area contributed by atoms with Gasteiger partial charge in [-0.2, -0.15) is 0 Å². The van der Waals surface area contributed by atoms with Crippen LogP contribution in [0.25, 0.3) is 0 Å². The lowest BCUT2D eigenvalue weighted by Gasteiger charge is -2.23. The van der Waals surface area contributed by atoms with Crippen LogP contribution >= 0.6 is 0 Å². The molecule has 34 heavy (non-hydrogen) atoms. The second-order valence-corrected chi connectivity index (χ2v) is 9.11. The van der Waals surface area contributed by atoms with E-state index < -0.39 is 23.8 Å². The van der Waals surface area contributed by atoms with Gasteiger partial charge in [0.15, 0.2) is 0 Å². The van der Waals surface area contributed by atoms with Gasteiger partial charge in [-0.05, 0) is 51.2 Å². The van der Waals surface area contributed by atoms with E-state index in [0.717, 1.165) is 11.1 Å². The number of alkyl carbamates (subject to hydrolysis) is 2. The molecule has 0 aliphatic carbocycles. The summed E-state index contributed by atoms with van der Waals surface area (Å²) < 4.78 is 10.5. The second kappa shape index (κ2) is 13.2. The van der Waals surface area contributed by atoms with Gasteiger partial charge < -0.3 is 25.4 Å². The zero-order valence-corrected chi connectivity index (χ0v) is 20.3. The molecular formula is C26H35N3O5. The smallest absolute Gasteiger partial charge is 0.408 e. The number of rotatable bonds is 10. The normalized spacial score (nSPS) is 12.7. The van der Waals surface area contributed by atoms with Crippen LogP contribution in [-0.2, 0) is 27.3 Å². The van der Waals surface area contributed by atoms with Crippen molar-refractivity contribution in [3.05, 3.63) is 71.8 Å². The van der Waals surface area contributed by atoms with Crippen LogP contribution in [0.3, 0.4) is 0 Å². The largest absolute Gasteiger partial charge is 0.445 e. The third-order valence-corrected chi connectivity index (χ3v) is 4.81. The first kappa shape index (κ1) is 26.7. The van der Waals surface area contributed by atoms with E-state index in [1.54, 1.807) is 27.7 Å². The van der Waals surface area contributed by atoms with Crippen molar-refractivity contribution in [3.63, 3.8) is 0 Å². The molecule has 0 saturated heterocycles. The zero-order valence-electron chi connectivity index (χ0n) is 20.3. The lowest BCUT2D eigenvalue weighted by molar-refractivity contribution is -0.123. The maximum Gasteiger partial charge on any atom is 0.408 e. The van der Waals surface area contributed by atoms with Crippen LogP contribution in [0.2, 0.25) is 0 Å². The molecule has 2 atom stereocenters. The molecule has 0 saturated carbocycles. The maximum absolute atomic E-state index is 12.5. The molecule has 0 radical (unpaired) electrons. The molecule has 2 rings (SSSR count). The molecule has 8 nitrogen and oxygen atoms in total. The van der Waals surface area contributed by atoms with Gasteiger partial charge in [0.1, 0.15) is 18.2 Å². The summed E-state index contributed by atoms with van der Waals surface area (Å²) in [5, 5.41) is 8.16. The van der Waals surface area contributed by atoms with Crippen LogP contribution in [0.4, 0.5) is 9.59 Å². The molecule has 3 amide bonds. The minimum atomic E-state index is -0.768. The molecule has 0 unspecified atom stereocenters. The fourth-order valence-electron chi connectivity index (χ4n) is 3.11. The Bertz CT molecular complexity index is 913. The molecule has 0 bridgehead atoms. The molecule has 0 aliphatic rings. The van der Waals surface area contributed by atoms with Crippen LogP contribution < -0.4 is 16.0 Å². The summed E-state index contributed by atoms with van der Waals surface area (Å²) in [5.74, 6) is -0.417. The second-order valence-electron chi connectivity index (χ2n) is 9.11. The van der Waals surface area contributed by atoms with E-state index in [-0.39, 0.29) is 18.4 Å².